The maximum Gasteiger partial charge on any atom is 0.241 e. The Morgan fingerprint density at radius 1 is 1.00 bits per heavy atom. The van der Waals surface area contributed by atoms with Crippen LogP contribution in [0.15, 0.2) is 24.3 Å². The third-order valence-electron chi connectivity index (χ3n) is 4.63. The van der Waals surface area contributed by atoms with Crippen LogP contribution in [0.3, 0.4) is 0 Å². The highest BCUT2D eigenvalue weighted by molar-refractivity contribution is 5.95. The number of anilines is 1. The van der Waals surface area contributed by atoms with Crippen LogP contribution >= 0.6 is 0 Å². The van der Waals surface area contributed by atoms with Gasteiger partial charge in [0.1, 0.15) is 0 Å². The van der Waals surface area contributed by atoms with Crippen LogP contribution in [0.25, 0.3) is 0 Å². The van der Waals surface area contributed by atoms with Gasteiger partial charge >= 0.3 is 0 Å². The molecule has 0 bridgehead atoms. The number of carbonyl (C=O) groups is 1. The van der Waals surface area contributed by atoms with Gasteiger partial charge in [0, 0.05) is 5.69 Å². The number of amides is 1. The fourth-order valence-electron chi connectivity index (χ4n) is 3.41. The summed E-state index contributed by atoms with van der Waals surface area (Å²) in [5.74, 6) is 0.831. The molecule has 1 saturated carbocycles. The fourth-order valence-corrected chi connectivity index (χ4v) is 3.41. The highest BCUT2D eigenvalue weighted by Crippen LogP contribution is 2.32. The summed E-state index contributed by atoms with van der Waals surface area (Å²) in [6, 6.07) is 8.47. The molecular formula is C17H24N2O. The SMILES string of the molecule is O=C(Nc1ccc(C2CCCCC2)cc1)[C@H]1CCCN1. The summed E-state index contributed by atoms with van der Waals surface area (Å²) in [6.45, 7) is 0.957. The van der Waals surface area contributed by atoms with E-state index in [1.54, 1.807) is 0 Å². The number of rotatable bonds is 3. The largest absolute Gasteiger partial charge is 0.325 e. The highest BCUT2D eigenvalue weighted by Gasteiger charge is 2.22. The minimum Gasteiger partial charge on any atom is -0.325 e. The van der Waals surface area contributed by atoms with Crippen molar-refractivity contribution in [1.29, 1.82) is 0 Å². The molecule has 108 valence electrons. The molecule has 1 aliphatic carbocycles. The zero-order valence-corrected chi connectivity index (χ0v) is 12.0. The summed E-state index contributed by atoms with van der Waals surface area (Å²) in [5, 5.41) is 6.24. The van der Waals surface area contributed by atoms with Gasteiger partial charge in [-0.15, -0.1) is 0 Å². The van der Waals surface area contributed by atoms with E-state index in [2.05, 4.69) is 34.9 Å². The van der Waals surface area contributed by atoms with E-state index < -0.39 is 0 Å². The summed E-state index contributed by atoms with van der Waals surface area (Å²) in [5.41, 5.74) is 2.35. The van der Waals surface area contributed by atoms with E-state index in [-0.39, 0.29) is 11.9 Å². The second-order valence-corrected chi connectivity index (χ2v) is 6.10. The van der Waals surface area contributed by atoms with E-state index in [0.717, 1.165) is 31.0 Å². The lowest BCUT2D eigenvalue weighted by Gasteiger charge is -2.22. The first kappa shape index (κ1) is 13.6. The van der Waals surface area contributed by atoms with Crippen molar-refractivity contribution in [3.05, 3.63) is 29.8 Å². The molecule has 2 N–H and O–H groups in total. The smallest absolute Gasteiger partial charge is 0.241 e. The van der Waals surface area contributed by atoms with Crippen LogP contribution in [0.5, 0.6) is 0 Å². The molecule has 1 aliphatic heterocycles. The predicted molar refractivity (Wildman–Crippen MR) is 81.9 cm³/mol. The monoisotopic (exact) mass is 272 g/mol. The quantitative estimate of drug-likeness (QED) is 0.885. The lowest BCUT2D eigenvalue weighted by molar-refractivity contribution is -0.117. The van der Waals surface area contributed by atoms with Gasteiger partial charge in [-0.25, -0.2) is 0 Å². The summed E-state index contributed by atoms with van der Waals surface area (Å²) < 4.78 is 0. The van der Waals surface area contributed by atoms with Gasteiger partial charge in [0.05, 0.1) is 6.04 Å². The van der Waals surface area contributed by atoms with Crippen LogP contribution in [0.2, 0.25) is 0 Å². The summed E-state index contributed by atoms with van der Waals surface area (Å²) in [7, 11) is 0. The molecule has 1 heterocycles. The molecule has 2 aliphatic rings. The number of hydrogen-bond acceptors (Lipinski definition) is 2. The molecule has 1 amide bonds. The molecule has 0 radical (unpaired) electrons. The van der Waals surface area contributed by atoms with Gasteiger partial charge in [-0.2, -0.15) is 0 Å². The van der Waals surface area contributed by atoms with Crippen molar-refractivity contribution >= 4 is 11.6 Å². The first-order chi connectivity index (χ1) is 9.83. The Morgan fingerprint density at radius 2 is 1.75 bits per heavy atom. The van der Waals surface area contributed by atoms with Gasteiger partial charge < -0.3 is 10.6 Å². The Bertz CT molecular complexity index is 443. The Hall–Kier alpha value is -1.35. The Labute approximate surface area is 121 Å². The molecule has 3 nitrogen and oxygen atoms in total. The number of nitrogens with one attached hydrogen (secondary N) is 2. The summed E-state index contributed by atoms with van der Waals surface area (Å²) >= 11 is 0. The molecule has 0 spiro atoms. The van der Waals surface area contributed by atoms with Crippen molar-refractivity contribution in [2.75, 3.05) is 11.9 Å². The molecular weight excluding hydrogens is 248 g/mol. The van der Waals surface area contributed by atoms with Crippen molar-refractivity contribution in [1.82, 2.24) is 5.32 Å². The van der Waals surface area contributed by atoms with E-state index in [1.807, 2.05) is 0 Å². The molecule has 0 aromatic heterocycles. The maximum atomic E-state index is 12.0. The van der Waals surface area contributed by atoms with Crippen LogP contribution in [-0.2, 0) is 4.79 Å². The molecule has 3 heteroatoms. The van der Waals surface area contributed by atoms with Gasteiger partial charge in [-0.1, -0.05) is 31.4 Å². The van der Waals surface area contributed by atoms with Gasteiger partial charge in [0.2, 0.25) is 5.91 Å². The molecule has 3 rings (SSSR count). The maximum absolute atomic E-state index is 12.0. The molecule has 1 aromatic rings. The van der Waals surface area contributed by atoms with Gasteiger partial charge in [0.25, 0.3) is 0 Å². The Morgan fingerprint density at radius 3 is 2.40 bits per heavy atom. The van der Waals surface area contributed by atoms with Crippen molar-refractivity contribution in [2.45, 2.75) is 56.9 Å². The molecule has 1 saturated heterocycles. The van der Waals surface area contributed by atoms with Crippen LogP contribution in [0.4, 0.5) is 5.69 Å². The minimum absolute atomic E-state index is 0.00646. The van der Waals surface area contributed by atoms with Gasteiger partial charge in [-0.05, 0) is 55.8 Å². The van der Waals surface area contributed by atoms with Crippen LogP contribution in [-0.4, -0.2) is 18.5 Å². The van der Waals surface area contributed by atoms with E-state index in [0.29, 0.717) is 0 Å². The Balaban J connectivity index is 1.59. The standard InChI is InChI=1S/C17H24N2O/c20-17(16-7-4-12-18-16)19-15-10-8-14(9-11-15)13-5-2-1-3-6-13/h8-11,13,16,18H,1-7,12H2,(H,19,20)/t16-/m1/s1. The third kappa shape index (κ3) is 3.21. The van der Waals surface area contributed by atoms with Gasteiger partial charge in [-0.3, -0.25) is 4.79 Å². The zero-order valence-electron chi connectivity index (χ0n) is 12.0. The molecule has 1 atom stereocenters. The van der Waals surface area contributed by atoms with Crippen LogP contribution < -0.4 is 10.6 Å². The van der Waals surface area contributed by atoms with E-state index in [1.165, 1.54) is 37.7 Å². The molecule has 20 heavy (non-hydrogen) atoms. The van der Waals surface area contributed by atoms with Crippen molar-refractivity contribution < 1.29 is 4.79 Å². The minimum atomic E-state index is -0.00646. The first-order valence-electron chi connectivity index (χ1n) is 7.97. The zero-order chi connectivity index (χ0) is 13.8. The molecule has 1 aromatic carbocycles. The average molecular weight is 272 g/mol. The van der Waals surface area contributed by atoms with E-state index in [4.69, 9.17) is 0 Å². The number of benzene rings is 1. The molecule has 2 fully saturated rings. The number of carbonyl (C=O) groups excluding carboxylic acids is 1. The van der Waals surface area contributed by atoms with Crippen molar-refractivity contribution in [3.8, 4) is 0 Å². The summed E-state index contributed by atoms with van der Waals surface area (Å²) in [6.07, 6.45) is 8.78. The van der Waals surface area contributed by atoms with Crippen LogP contribution in [0.1, 0.15) is 56.4 Å². The van der Waals surface area contributed by atoms with Crippen LogP contribution in [0, 0.1) is 0 Å². The fraction of sp³-hybridized carbons (Fsp3) is 0.588. The van der Waals surface area contributed by atoms with E-state index in [9.17, 15) is 4.79 Å². The second kappa shape index (κ2) is 6.40. The predicted octanol–water partition coefficient (Wildman–Crippen LogP) is 3.42. The van der Waals surface area contributed by atoms with Crippen molar-refractivity contribution in [2.24, 2.45) is 0 Å². The average Bonchev–Trinajstić information content (AvgIpc) is 3.03. The lowest BCUT2D eigenvalue weighted by atomic mass is 9.84. The van der Waals surface area contributed by atoms with Crippen molar-refractivity contribution in [3.63, 3.8) is 0 Å². The lowest BCUT2D eigenvalue weighted by Crippen LogP contribution is -2.35. The van der Waals surface area contributed by atoms with Gasteiger partial charge in [0.15, 0.2) is 0 Å². The highest BCUT2D eigenvalue weighted by atomic mass is 16.2. The van der Waals surface area contributed by atoms with E-state index >= 15 is 0 Å². The number of hydrogen-bond donors (Lipinski definition) is 2. The first-order valence-corrected chi connectivity index (χ1v) is 7.97. The normalized spacial score (nSPS) is 23.7. The third-order valence-corrected chi connectivity index (χ3v) is 4.63. The molecule has 0 unspecified atom stereocenters. The summed E-state index contributed by atoms with van der Waals surface area (Å²) in [4.78, 5) is 12.0. The Kier molecular flexibility index (Phi) is 4.36. The topological polar surface area (TPSA) is 41.1 Å². The second-order valence-electron chi connectivity index (χ2n) is 6.10.